The van der Waals surface area contributed by atoms with E-state index in [4.69, 9.17) is 0 Å². The summed E-state index contributed by atoms with van der Waals surface area (Å²) in [5, 5.41) is 0. The van der Waals surface area contributed by atoms with Crippen LogP contribution >= 0.6 is 0 Å². The minimum atomic E-state index is -0.472. The number of hydrogen-bond donors (Lipinski definition) is 0. The van der Waals surface area contributed by atoms with Crippen molar-refractivity contribution >= 4 is 11.8 Å². The van der Waals surface area contributed by atoms with E-state index in [0.29, 0.717) is 17.5 Å². The van der Waals surface area contributed by atoms with E-state index in [9.17, 15) is 9.18 Å². The first kappa shape index (κ1) is 7.91. The predicted molar refractivity (Wildman–Crippen MR) is 45.3 cm³/mol. The molecule has 0 aromatic carbocycles. The Balaban J connectivity index is 2.96. The van der Waals surface area contributed by atoms with Crippen molar-refractivity contribution in [3.05, 3.63) is 35.7 Å². The normalized spacial score (nSPS) is 10.6. The highest BCUT2D eigenvalue weighted by molar-refractivity contribution is 5.73. The number of aldehydes is 1. The topological polar surface area (TPSA) is 34.4 Å². The first-order chi connectivity index (χ1) is 6.24. The van der Waals surface area contributed by atoms with E-state index in [0.717, 1.165) is 0 Å². The second-order valence-corrected chi connectivity index (χ2v) is 2.74. The highest BCUT2D eigenvalue weighted by atomic mass is 19.1. The van der Waals surface area contributed by atoms with Crippen molar-refractivity contribution in [3.63, 3.8) is 0 Å². The number of hydrogen-bond acceptors (Lipinski definition) is 2. The molecule has 0 bridgehead atoms. The van der Waals surface area contributed by atoms with Crippen LogP contribution in [0.5, 0.6) is 0 Å². The monoisotopic (exact) mass is 178 g/mol. The maximum absolute atomic E-state index is 13.2. The minimum absolute atomic E-state index is 0.102. The summed E-state index contributed by atoms with van der Waals surface area (Å²) in [6.07, 6.45) is 0.545. The Kier molecular flexibility index (Phi) is 1.62. The zero-order chi connectivity index (χ0) is 9.42. The molecule has 0 N–H and O–H groups in total. The van der Waals surface area contributed by atoms with Gasteiger partial charge >= 0.3 is 0 Å². The number of fused-ring (bicyclic) bond motifs is 1. The summed E-state index contributed by atoms with van der Waals surface area (Å²) in [6, 6.07) is 4.60. The lowest BCUT2D eigenvalue weighted by Gasteiger charge is -1.96. The number of carbonyl (C=O) groups is 1. The lowest BCUT2D eigenvalue weighted by molar-refractivity contribution is 0.111. The summed E-state index contributed by atoms with van der Waals surface area (Å²) >= 11 is 0. The molecule has 0 atom stereocenters. The standard InChI is InChI=1S/C9H7FN2O/c1-6-7-3-2-4-8(10)12(7)9(5-13)11-6/h2-5H,1H3. The van der Waals surface area contributed by atoms with E-state index in [1.54, 1.807) is 19.1 Å². The van der Waals surface area contributed by atoms with Gasteiger partial charge in [0.1, 0.15) is 0 Å². The summed E-state index contributed by atoms with van der Waals surface area (Å²) in [6.45, 7) is 1.74. The van der Waals surface area contributed by atoms with Crippen LogP contribution in [-0.4, -0.2) is 15.7 Å². The Morgan fingerprint density at radius 3 is 3.00 bits per heavy atom. The molecule has 0 spiro atoms. The molecular weight excluding hydrogens is 171 g/mol. The number of pyridine rings is 1. The van der Waals surface area contributed by atoms with Crippen LogP contribution in [0.25, 0.3) is 5.52 Å². The van der Waals surface area contributed by atoms with Crippen molar-refractivity contribution in [3.8, 4) is 0 Å². The molecule has 2 aromatic heterocycles. The third-order valence-corrected chi connectivity index (χ3v) is 1.93. The van der Waals surface area contributed by atoms with Gasteiger partial charge in [0.2, 0.25) is 0 Å². The number of imidazole rings is 1. The Hall–Kier alpha value is -1.71. The van der Waals surface area contributed by atoms with E-state index >= 15 is 0 Å². The number of rotatable bonds is 1. The average molecular weight is 178 g/mol. The van der Waals surface area contributed by atoms with Crippen LogP contribution in [0.4, 0.5) is 4.39 Å². The van der Waals surface area contributed by atoms with Crippen molar-refractivity contribution < 1.29 is 9.18 Å². The molecule has 0 saturated carbocycles. The third-order valence-electron chi connectivity index (χ3n) is 1.93. The second kappa shape index (κ2) is 2.65. The van der Waals surface area contributed by atoms with E-state index in [-0.39, 0.29) is 5.82 Å². The van der Waals surface area contributed by atoms with Crippen molar-refractivity contribution in [1.82, 2.24) is 9.38 Å². The molecule has 0 aliphatic heterocycles. The molecule has 0 radical (unpaired) electrons. The molecule has 3 nitrogen and oxygen atoms in total. The Morgan fingerprint density at radius 2 is 2.31 bits per heavy atom. The van der Waals surface area contributed by atoms with Gasteiger partial charge in [-0.05, 0) is 19.1 Å². The average Bonchev–Trinajstić information content (AvgIpc) is 2.45. The van der Waals surface area contributed by atoms with Gasteiger partial charge in [0.15, 0.2) is 18.1 Å². The molecule has 0 aliphatic rings. The summed E-state index contributed by atoms with van der Waals surface area (Å²) in [5.74, 6) is -0.370. The van der Waals surface area contributed by atoms with Gasteiger partial charge in [-0.1, -0.05) is 6.07 Å². The molecule has 4 heteroatoms. The Morgan fingerprint density at radius 1 is 1.54 bits per heavy atom. The van der Waals surface area contributed by atoms with Crippen LogP contribution in [0.15, 0.2) is 18.2 Å². The second-order valence-electron chi connectivity index (χ2n) is 2.74. The van der Waals surface area contributed by atoms with Crippen LogP contribution in [0, 0.1) is 12.9 Å². The summed E-state index contributed by atoms with van der Waals surface area (Å²) in [7, 11) is 0. The Bertz CT molecular complexity index is 476. The number of aryl methyl sites for hydroxylation is 1. The smallest absolute Gasteiger partial charge is 0.199 e. The molecule has 0 fully saturated rings. The molecule has 0 saturated heterocycles. The fraction of sp³-hybridized carbons (Fsp3) is 0.111. The maximum atomic E-state index is 13.2. The maximum Gasteiger partial charge on any atom is 0.199 e. The molecule has 0 aliphatic carbocycles. The molecular formula is C9H7FN2O. The van der Waals surface area contributed by atoms with E-state index in [2.05, 4.69) is 4.98 Å². The van der Waals surface area contributed by atoms with Gasteiger partial charge in [0.25, 0.3) is 0 Å². The number of halogens is 1. The molecule has 13 heavy (non-hydrogen) atoms. The van der Waals surface area contributed by atoms with Crippen LogP contribution in [0.1, 0.15) is 16.3 Å². The zero-order valence-corrected chi connectivity index (χ0v) is 6.99. The molecule has 2 aromatic rings. The van der Waals surface area contributed by atoms with Gasteiger partial charge in [-0.25, -0.2) is 4.98 Å². The lowest BCUT2D eigenvalue weighted by Crippen LogP contribution is -1.96. The summed E-state index contributed by atoms with van der Waals surface area (Å²) in [4.78, 5) is 14.5. The van der Waals surface area contributed by atoms with Gasteiger partial charge in [-0.3, -0.25) is 9.20 Å². The summed E-state index contributed by atoms with van der Waals surface area (Å²) in [5.41, 5.74) is 1.28. The quantitative estimate of drug-likeness (QED) is 0.491. The van der Waals surface area contributed by atoms with Gasteiger partial charge in [-0.15, -0.1) is 0 Å². The highest BCUT2D eigenvalue weighted by Crippen LogP contribution is 2.12. The third kappa shape index (κ3) is 1.02. The summed E-state index contributed by atoms with van der Waals surface area (Å²) < 4.78 is 14.4. The minimum Gasteiger partial charge on any atom is -0.294 e. The first-order valence-corrected chi connectivity index (χ1v) is 3.83. The van der Waals surface area contributed by atoms with Gasteiger partial charge < -0.3 is 0 Å². The van der Waals surface area contributed by atoms with Crippen LogP contribution in [0.3, 0.4) is 0 Å². The van der Waals surface area contributed by atoms with Crippen molar-refractivity contribution in [2.45, 2.75) is 6.92 Å². The highest BCUT2D eigenvalue weighted by Gasteiger charge is 2.09. The number of carbonyl (C=O) groups excluding carboxylic acids is 1. The molecule has 2 rings (SSSR count). The van der Waals surface area contributed by atoms with Gasteiger partial charge in [0, 0.05) is 0 Å². The molecule has 0 amide bonds. The lowest BCUT2D eigenvalue weighted by atomic mass is 10.3. The fourth-order valence-corrected chi connectivity index (χ4v) is 1.36. The van der Waals surface area contributed by atoms with Crippen molar-refractivity contribution in [2.24, 2.45) is 0 Å². The number of nitrogens with zero attached hydrogens (tertiary/aromatic N) is 2. The fourth-order valence-electron chi connectivity index (χ4n) is 1.36. The largest absolute Gasteiger partial charge is 0.294 e. The zero-order valence-electron chi connectivity index (χ0n) is 6.99. The molecule has 66 valence electrons. The number of aromatic nitrogens is 2. The van der Waals surface area contributed by atoms with Crippen LogP contribution in [0.2, 0.25) is 0 Å². The van der Waals surface area contributed by atoms with Crippen molar-refractivity contribution in [2.75, 3.05) is 0 Å². The predicted octanol–water partition coefficient (Wildman–Crippen LogP) is 1.59. The van der Waals surface area contributed by atoms with E-state index in [1.165, 1.54) is 10.5 Å². The van der Waals surface area contributed by atoms with Crippen LogP contribution in [-0.2, 0) is 0 Å². The van der Waals surface area contributed by atoms with Crippen molar-refractivity contribution in [1.29, 1.82) is 0 Å². The molecule has 2 heterocycles. The first-order valence-electron chi connectivity index (χ1n) is 3.83. The van der Waals surface area contributed by atoms with Crippen LogP contribution < -0.4 is 0 Å². The van der Waals surface area contributed by atoms with E-state index in [1.807, 2.05) is 0 Å². The molecule has 0 unspecified atom stereocenters. The van der Waals surface area contributed by atoms with E-state index < -0.39 is 5.95 Å². The van der Waals surface area contributed by atoms with Gasteiger partial charge in [-0.2, -0.15) is 4.39 Å². The SMILES string of the molecule is Cc1nc(C=O)n2c(F)cccc12. The van der Waals surface area contributed by atoms with Gasteiger partial charge in [0.05, 0.1) is 11.2 Å². The Labute approximate surface area is 73.8 Å².